The van der Waals surface area contributed by atoms with Gasteiger partial charge in [-0.3, -0.25) is 4.90 Å². The van der Waals surface area contributed by atoms with Crippen LogP contribution in [0.5, 0.6) is 5.75 Å². The number of aliphatic carboxylic acids is 1. The van der Waals surface area contributed by atoms with Crippen LogP contribution >= 0.6 is 0 Å². The van der Waals surface area contributed by atoms with Crippen LogP contribution in [0.2, 0.25) is 0 Å². The fourth-order valence-electron chi connectivity index (χ4n) is 2.40. The van der Waals surface area contributed by atoms with Gasteiger partial charge in [-0.2, -0.15) is 0 Å². The first kappa shape index (κ1) is 15.5. The van der Waals surface area contributed by atoms with Crippen LogP contribution in [0.25, 0.3) is 6.08 Å². The summed E-state index contributed by atoms with van der Waals surface area (Å²) in [6.07, 6.45) is 2.69. The number of carboxylic acids is 1. The minimum absolute atomic E-state index is 0.388. The normalized spacial score (nSPS) is 19.8. The molecular weight excluding hydrogens is 270 g/mol. The average Bonchev–Trinajstić information content (AvgIpc) is 2.47. The highest BCUT2D eigenvalue weighted by Gasteiger charge is 2.18. The Bertz CT molecular complexity index is 527. The standard InChI is InChI=1S/C16H21NO4/c1-12-11-21-8-7-17(12)10-13-3-5-15(20-2)14(9-13)4-6-16(18)19/h3-6,9,12H,7-8,10-11H2,1-2H3,(H,18,19). The van der Waals surface area contributed by atoms with E-state index in [0.717, 1.165) is 43.5 Å². The van der Waals surface area contributed by atoms with E-state index < -0.39 is 5.97 Å². The lowest BCUT2D eigenvalue weighted by Crippen LogP contribution is -2.42. The summed E-state index contributed by atoms with van der Waals surface area (Å²) in [5.41, 5.74) is 1.91. The zero-order valence-electron chi connectivity index (χ0n) is 12.4. The Labute approximate surface area is 124 Å². The van der Waals surface area contributed by atoms with Crippen LogP contribution in [0.3, 0.4) is 0 Å². The van der Waals surface area contributed by atoms with Crippen molar-refractivity contribution in [3.8, 4) is 5.75 Å². The molecule has 1 aromatic rings. The highest BCUT2D eigenvalue weighted by atomic mass is 16.5. The van der Waals surface area contributed by atoms with Crippen LogP contribution in [0.1, 0.15) is 18.1 Å². The van der Waals surface area contributed by atoms with Crippen LogP contribution in [0, 0.1) is 0 Å². The molecule has 1 saturated heterocycles. The molecule has 1 N–H and O–H groups in total. The Morgan fingerprint density at radius 2 is 2.38 bits per heavy atom. The number of benzene rings is 1. The Hall–Kier alpha value is -1.85. The highest BCUT2D eigenvalue weighted by Crippen LogP contribution is 2.23. The summed E-state index contributed by atoms with van der Waals surface area (Å²) in [4.78, 5) is 13.0. The molecule has 1 aliphatic rings. The Kier molecular flexibility index (Phi) is 5.36. The number of ether oxygens (including phenoxy) is 2. The van der Waals surface area contributed by atoms with Crippen LogP contribution in [-0.2, 0) is 16.1 Å². The average molecular weight is 291 g/mol. The van der Waals surface area contributed by atoms with E-state index in [1.54, 1.807) is 13.2 Å². The van der Waals surface area contributed by atoms with E-state index in [2.05, 4.69) is 11.8 Å². The Morgan fingerprint density at radius 3 is 3.05 bits per heavy atom. The number of hydrogen-bond acceptors (Lipinski definition) is 4. The highest BCUT2D eigenvalue weighted by molar-refractivity contribution is 5.85. The second-order valence-electron chi connectivity index (χ2n) is 5.14. The summed E-state index contributed by atoms with van der Waals surface area (Å²) < 4.78 is 10.7. The molecular formula is C16H21NO4. The van der Waals surface area contributed by atoms with Crippen molar-refractivity contribution in [1.29, 1.82) is 0 Å². The molecule has 1 atom stereocenters. The van der Waals surface area contributed by atoms with Gasteiger partial charge in [-0.05, 0) is 30.7 Å². The van der Waals surface area contributed by atoms with E-state index >= 15 is 0 Å². The molecule has 1 unspecified atom stereocenters. The minimum atomic E-state index is -0.968. The van der Waals surface area contributed by atoms with Crippen molar-refractivity contribution in [2.24, 2.45) is 0 Å². The lowest BCUT2D eigenvalue weighted by molar-refractivity contribution is -0.131. The van der Waals surface area contributed by atoms with Gasteiger partial charge < -0.3 is 14.6 Å². The third-order valence-corrected chi connectivity index (χ3v) is 3.59. The van der Waals surface area contributed by atoms with Gasteiger partial charge in [-0.15, -0.1) is 0 Å². The summed E-state index contributed by atoms with van der Waals surface area (Å²) in [5, 5.41) is 8.75. The molecule has 1 aromatic carbocycles. The number of hydrogen-bond donors (Lipinski definition) is 1. The third kappa shape index (κ3) is 4.31. The molecule has 2 rings (SSSR count). The first-order valence-electron chi connectivity index (χ1n) is 7.00. The first-order chi connectivity index (χ1) is 10.1. The monoisotopic (exact) mass is 291 g/mol. The largest absolute Gasteiger partial charge is 0.496 e. The topological polar surface area (TPSA) is 59.0 Å². The number of morpholine rings is 1. The molecule has 0 aliphatic carbocycles. The van der Waals surface area contributed by atoms with E-state index in [1.807, 2.05) is 18.2 Å². The van der Waals surface area contributed by atoms with Gasteiger partial charge in [0.05, 0.1) is 20.3 Å². The van der Waals surface area contributed by atoms with Gasteiger partial charge in [-0.25, -0.2) is 4.79 Å². The van der Waals surface area contributed by atoms with Crippen molar-refractivity contribution in [2.45, 2.75) is 19.5 Å². The third-order valence-electron chi connectivity index (χ3n) is 3.59. The molecule has 21 heavy (non-hydrogen) atoms. The van der Waals surface area contributed by atoms with Crippen molar-refractivity contribution >= 4 is 12.0 Å². The van der Waals surface area contributed by atoms with Crippen LogP contribution < -0.4 is 4.74 Å². The molecule has 0 aromatic heterocycles. The van der Waals surface area contributed by atoms with Gasteiger partial charge in [0.2, 0.25) is 0 Å². The lowest BCUT2D eigenvalue weighted by Gasteiger charge is -2.33. The van der Waals surface area contributed by atoms with Crippen molar-refractivity contribution in [3.05, 3.63) is 35.4 Å². The molecule has 0 spiro atoms. The molecule has 0 saturated carbocycles. The van der Waals surface area contributed by atoms with Gasteiger partial charge in [0.15, 0.2) is 0 Å². The maximum absolute atomic E-state index is 10.7. The lowest BCUT2D eigenvalue weighted by atomic mass is 10.1. The van der Waals surface area contributed by atoms with Crippen molar-refractivity contribution < 1.29 is 19.4 Å². The summed E-state index contributed by atoms with van der Waals surface area (Å²) in [7, 11) is 1.58. The Balaban J connectivity index is 2.16. The van der Waals surface area contributed by atoms with E-state index in [9.17, 15) is 4.79 Å². The van der Waals surface area contributed by atoms with E-state index in [-0.39, 0.29) is 0 Å². The summed E-state index contributed by atoms with van der Waals surface area (Å²) in [6, 6.07) is 6.25. The van der Waals surface area contributed by atoms with Gasteiger partial charge in [0, 0.05) is 30.8 Å². The number of carbonyl (C=O) groups is 1. The second kappa shape index (κ2) is 7.24. The van der Waals surface area contributed by atoms with Gasteiger partial charge in [0.1, 0.15) is 5.75 Å². The zero-order chi connectivity index (χ0) is 15.2. The quantitative estimate of drug-likeness (QED) is 0.841. The molecule has 0 radical (unpaired) electrons. The van der Waals surface area contributed by atoms with E-state index in [0.29, 0.717) is 11.8 Å². The molecule has 5 nitrogen and oxygen atoms in total. The molecule has 1 fully saturated rings. The maximum atomic E-state index is 10.7. The predicted molar refractivity (Wildman–Crippen MR) is 80.4 cm³/mol. The van der Waals surface area contributed by atoms with Crippen LogP contribution in [-0.4, -0.2) is 48.9 Å². The molecule has 1 heterocycles. The van der Waals surface area contributed by atoms with Crippen molar-refractivity contribution in [3.63, 3.8) is 0 Å². The fraction of sp³-hybridized carbons (Fsp3) is 0.438. The maximum Gasteiger partial charge on any atom is 0.328 e. The molecule has 1 aliphatic heterocycles. The number of carboxylic acid groups (broad SMARTS) is 1. The summed E-state index contributed by atoms with van der Waals surface area (Å²) >= 11 is 0. The molecule has 0 amide bonds. The predicted octanol–water partition coefficient (Wildman–Crippen LogP) is 2.01. The fourth-order valence-corrected chi connectivity index (χ4v) is 2.40. The summed E-state index contributed by atoms with van der Waals surface area (Å²) in [5.74, 6) is -0.296. The van der Waals surface area contributed by atoms with Crippen LogP contribution in [0.15, 0.2) is 24.3 Å². The number of methoxy groups -OCH3 is 1. The first-order valence-corrected chi connectivity index (χ1v) is 7.00. The molecule has 114 valence electrons. The van der Waals surface area contributed by atoms with E-state index in [1.165, 1.54) is 0 Å². The van der Waals surface area contributed by atoms with Gasteiger partial charge in [-0.1, -0.05) is 6.07 Å². The van der Waals surface area contributed by atoms with Gasteiger partial charge in [0.25, 0.3) is 0 Å². The number of nitrogens with zero attached hydrogens (tertiary/aromatic N) is 1. The van der Waals surface area contributed by atoms with Crippen molar-refractivity contribution in [1.82, 2.24) is 4.90 Å². The van der Waals surface area contributed by atoms with Crippen LogP contribution in [0.4, 0.5) is 0 Å². The Morgan fingerprint density at radius 1 is 1.57 bits per heavy atom. The second-order valence-corrected chi connectivity index (χ2v) is 5.14. The van der Waals surface area contributed by atoms with Gasteiger partial charge >= 0.3 is 5.97 Å². The molecule has 0 bridgehead atoms. The smallest absolute Gasteiger partial charge is 0.328 e. The summed E-state index contributed by atoms with van der Waals surface area (Å²) in [6.45, 7) is 5.39. The van der Waals surface area contributed by atoms with E-state index in [4.69, 9.17) is 14.6 Å². The zero-order valence-corrected chi connectivity index (χ0v) is 12.4. The minimum Gasteiger partial charge on any atom is -0.496 e. The SMILES string of the molecule is COc1ccc(CN2CCOCC2C)cc1C=CC(=O)O. The number of rotatable bonds is 5. The molecule has 5 heteroatoms. The van der Waals surface area contributed by atoms with Crippen molar-refractivity contribution in [2.75, 3.05) is 26.9 Å².